The van der Waals surface area contributed by atoms with Gasteiger partial charge >= 0.3 is 0 Å². The van der Waals surface area contributed by atoms with Crippen molar-refractivity contribution in [3.05, 3.63) is 34.9 Å². The maximum Gasteiger partial charge on any atom is 0.233 e. The molecule has 1 aromatic carbocycles. The number of likely N-dealkylation sites (tertiary alicyclic amines) is 1. The number of amides is 2. The van der Waals surface area contributed by atoms with Crippen molar-refractivity contribution in [2.75, 3.05) is 13.1 Å². The number of carbonyl (C=O) groups excluding carboxylic acids is 2. The first-order chi connectivity index (χ1) is 13.1. The Bertz CT molecular complexity index is 695. The SMILES string of the molecule is O=C(CC[C@@H]1CCCN(C(=O)C2(c3ccc(Cl)cc3)CCC2)C1)NC1CC1. The van der Waals surface area contributed by atoms with Crippen molar-refractivity contribution in [1.29, 1.82) is 0 Å². The van der Waals surface area contributed by atoms with E-state index in [1.807, 2.05) is 24.3 Å². The summed E-state index contributed by atoms with van der Waals surface area (Å²) in [6, 6.07) is 8.25. The number of halogens is 1. The maximum atomic E-state index is 13.4. The van der Waals surface area contributed by atoms with Gasteiger partial charge in [-0.3, -0.25) is 9.59 Å². The molecule has 0 aromatic heterocycles. The van der Waals surface area contributed by atoms with Crippen LogP contribution in [0.15, 0.2) is 24.3 Å². The smallest absolute Gasteiger partial charge is 0.233 e. The van der Waals surface area contributed by atoms with E-state index in [2.05, 4.69) is 10.2 Å². The second kappa shape index (κ2) is 7.83. The molecule has 1 aromatic rings. The highest BCUT2D eigenvalue weighted by Gasteiger charge is 2.48. The first-order valence-corrected chi connectivity index (χ1v) is 10.8. The van der Waals surface area contributed by atoms with Gasteiger partial charge in [0, 0.05) is 30.6 Å². The molecule has 0 spiro atoms. The monoisotopic (exact) mass is 388 g/mol. The van der Waals surface area contributed by atoms with E-state index < -0.39 is 0 Å². The number of nitrogens with zero attached hydrogens (tertiary/aromatic N) is 1. The predicted octanol–water partition coefficient (Wildman–Crippen LogP) is 4.06. The molecule has 0 bridgehead atoms. The Kier molecular flexibility index (Phi) is 5.45. The summed E-state index contributed by atoms with van der Waals surface area (Å²) >= 11 is 6.04. The topological polar surface area (TPSA) is 49.4 Å². The van der Waals surface area contributed by atoms with Gasteiger partial charge in [-0.05, 0) is 68.6 Å². The third-order valence-corrected chi connectivity index (χ3v) is 6.79. The molecule has 27 heavy (non-hydrogen) atoms. The van der Waals surface area contributed by atoms with Crippen molar-refractivity contribution in [2.45, 2.75) is 69.2 Å². The highest BCUT2D eigenvalue weighted by molar-refractivity contribution is 6.30. The molecule has 4 nitrogen and oxygen atoms in total. The van der Waals surface area contributed by atoms with Crippen LogP contribution in [0.4, 0.5) is 0 Å². The van der Waals surface area contributed by atoms with Gasteiger partial charge in [-0.25, -0.2) is 0 Å². The lowest BCUT2D eigenvalue weighted by atomic mass is 9.63. The number of rotatable bonds is 6. The van der Waals surface area contributed by atoms with Gasteiger partial charge in [0.15, 0.2) is 0 Å². The standard InChI is InChI=1S/C22H29ClN2O2/c23-18-7-5-17(6-8-18)22(12-2-13-22)21(27)25-14-1-3-16(15-25)4-11-20(26)24-19-9-10-19/h5-8,16,19H,1-4,9-15H2,(H,24,26)/t16-/m0/s1. The van der Waals surface area contributed by atoms with E-state index in [9.17, 15) is 9.59 Å². The molecule has 5 heteroatoms. The van der Waals surface area contributed by atoms with Crippen molar-refractivity contribution in [3.63, 3.8) is 0 Å². The minimum Gasteiger partial charge on any atom is -0.353 e. The second-order valence-electron chi connectivity index (χ2n) is 8.58. The van der Waals surface area contributed by atoms with Crippen molar-refractivity contribution in [1.82, 2.24) is 10.2 Å². The first-order valence-electron chi connectivity index (χ1n) is 10.4. The normalized spacial score (nSPS) is 24.2. The number of benzene rings is 1. The zero-order chi connectivity index (χ0) is 18.9. The first kappa shape index (κ1) is 18.8. The molecule has 3 fully saturated rings. The van der Waals surface area contributed by atoms with Gasteiger partial charge in [-0.15, -0.1) is 0 Å². The lowest BCUT2D eigenvalue weighted by Gasteiger charge is -2.46. The predicted molar refractivity (Wildman–Crippen MR) is 107 cm³/mol. The molecule has 146 valence electrons. The molecular formula is C22H29ClN2O2. The third kappa shape index (κ3) is 4.16. The molecule has 2 aliphatic carbocycles. The van der Waals surface area contributed by atoms with Crippen LogP contribution in [-0.4, -0.2) is 35.8 Å². The summed E-state index contributed by atoms with van der Waals surface area (Å²) < 4.78 is 0. The summed E-state index contributed by atoms with van der Waals surface area (Å²) in [6.45, 7) is 1.64. The molecule has 1 heterocycles. The van der Waals surface area contributed by atoms with Crippen LogP contribution in [-0.2, 0) is 15.0 Å². The van der Waals surface area contributed by atoms with E-state index >= 15 is 0 Å². The molecule has 2 saturated carbocycles. The molecule has 4 rings (SSSR count). The highest BCUT2D eigenvalue weighted by atomic mass is 35.5. The van der Waals surface area contributed by atoms with Gasteiger partial charge in [0.25, 0.3) is 0 Å². The Balaban J connectivity index is 1.37. The lowest BCUT2D eigenvalue weighted by Crippen LogP contribution is -2.53. The largest absolute Gasteiger partial charge is 0.353 e. The lowest BCUT2D eigenvalue weighted by molar-refractivity contribution is -0.142. The van der Waals surface area contributed by atoms with Crippen LogP contribution in [0, 0.1) is 5.92 Å². The highest BCUT2D eigenvalue weighted by Crippen LogP contribution is 2.46. The molecule has 1 aliphatic heterocycles. The van der Waals surface area contributed by atoms with Crippen molar-refractivity contribution in [2.24, 2.45) is 5.92 Å². The average molecular weight is 389 g/mol. The number of nitrogens with one attached hydrogen (secondary N) is 1. The van der Waals surface area contributed by atoms with E-state index in [0.29, 0.717) is 23.4 Å². The summed E-state index contributed by atoms with van der Waals surface area (Å²) in [5.74, 6) is 0.899. The van der Waals surface area contributed by atoms with E-state index in [1.165, 1.54) is 0 Å². The fraction of sp³-hybridized carbons (Fsp3) is 0.636. The zero-order valence-electron chi connectivity index (χ0n) is 15.9. The van der Waals surface area contributed by atoms with Crippen LogP contribution >= 0.6 is 11.6 Å². The molecule has 1 N–H and O–H groups in total. The fourth-order valence-electron chi connectivity index (χ4n) is 4.58. The summed E-state index contributed by atoms with van der Waals surface area (Å²) in [5, 5.41) is 3.78. The van der Waals surface area contributed by atoms with Crippen LogP contribution in [0.25, 0.3) is 0 Å². The van der Waals surface area contributed by atoms with Crippen molar-refractivity contribution in [3.8, 4) is 0 Å². The zero-order valence-corrected chi connectivity index (χ0v) is 16.6. The fourth-order valence-corrected chi connectivity index (χ4v) is 4.70. The van der Waals surface area contributed by atoms with Crippen molar-refractivity contribution < 1.29 is 9.59 Å². The molecule has 3 aliphatic rings. The van der Waals surface area contributed by atoms with Crippen LogP contribution in [0.1, 0.15) is 63.4 Å². The van der Waals surface area contributed by atoms with Crippen LogP contribution < -0.4 is 5.32 Å². The van der Waals surface area contributed by atoms with Gasteiger partial charge in [0.2, 0.25) is 11.8 Å². The third-order valence-electron chi connectivity index (χ3n) is 6.54. The Hall–Kier alpha value is -1.55. The van der Waals surface area contributed by atoms with Gasteiger partial charge in [-0.2, -0.15) is 0 Å². The minimum atomic E-state index is -0.351. The Morgan fingerprint density at radius 2 is 1.85 bits per heavy atom. The summed E-state index contributed by atoms with van der Waals surface area (Å²) in [5.41, 5.74) is 0.754. The van der Waals surface area contributed by atoms with E-state index in [4.69, 9.17) is 11.6 Å². The molecule has 2 amide bonds. The number of carbonyl (C=O) groups is 2. The molecular weight excluding hydrogens is 360 g/mol. The van der Waals surface area contributed by atoms with Crippen molar-refractivity contribution >= 4 is 23.4 Å². The van der Waals surface area contributed by atoms with E-state index in [-0.39, 0.29) is 17.2 Å². The molecule has 0 unspecified atom stereocenters. The number of hydrogen-bond acceptors (Lipinski definition) is 2. The van der Waals surface area contributed by atoms with Gasteiger partial charge in [0.05, 0.1) is 5.41 Å². The van der Waals surface area contributed by atoms with E-state index in [0.717, 1.165) is 70.0 Å². The van der Waals surface area contributed by atoms with Gasteiger partial charge < -0.3 is 10.2 Å². The quantitative estimate of drug-likeness (QED) is 0.798. The maximum absolute atomic E-state index is 13.4. The second-order valence-corrected chi connectivity index (χ2v) is 9.02. The van der Waals surface area contributed by atoms with Gasteiger partial charge in [-0.1, -0.05) is 30.2 Å². The summed E-state index contributed by atoms with van der Waals surface area (Å²) in [7, 11) is 0. The number of piperidine rings is 1. The molecule has 1 saturated heterocycles. The number of hydrogen-bond donors (Lipinski definition) is 1. The van der Waals surface area contributed by atoms with Crippen LogP contribution in [0.2, 0.25) is 5.02 Å². The van der Waals surface area contributed by atoms with E-state index in [1.54, 1.807) is 0 Å². The Morgan fingerprint density at radius 1 is 1.11 bits per heavy atom. The average Bonchev–Trinajstić information content (AvgIpc) is 3.45. The van der Waals surface area contributed by atoms with Crippen LogP contribution in [0.3, 0.4) is 0 Å². The Morgan fingerprint density at radius 3 is 2.48 bits per heavy atom. The summed E-state index contributed by atoms with van der Waals surface area (Å²) in [6.07, 6.45) is 8.85. The Labute approximate surface area is 166 Å². The summed E-state index contributed by atoms with van der Waals surface area (Å²) in [4.78, 5) is 27.5. The van der Waals surface area contributed by atoms with Crippen LogP contribution in [0.5, 0.6) is 0 Å². The molecule has 0 radical (unpaired) electrons. The molecule has 1 atom stereocenters. The minimum absolute atomic E-state index is 0.178. The van der Waals surface area contributed by atoms with Gasteiger partial charge in [0.1, 0.15) is 0 Å².